The maximum atomic E-state index is 13.0. The van der Waals surface area contributed by atoms with Gasteiger partial charge in [0.05, 0.1) is 0 Å². The van der Waals surface area contributed by atoms with Crippen LogP contribution in [0.5, 0.6) is 0 Å². The zero-order valence-electron chi connectivity index (χ0n) is 8.76. The number of alkyl halides is 1. The van der Waals surface area contributed by atoms with Crippen LogP contribution in [0, 0.1) is 12.7 Å². The number of aryl methyl sites for hydroxylation is 1. The minimum atomic E-state index is -0.270. The van der Waals surface area contributed by atoms with Gasteiger partial charge in [-0.2, -0.15) is 0 Å². The van der Waals surface area contributed by atoms with E-state index < -0.39 is 0 Å². The highest BCUT2D eigenvalue weighted by Gasteiger charge is 2.13. The van der Waals surface area contributed by atoms with Gasteiger partial charge >= 0.3 is 0 Å². The number of hydrogen-bond acceptors (Lipinski definition) is 1. The van der Waals surface area contributed by atoms with E-state index in [4.69, 9.17) is 11.6 Å². The molecule has 4 heteroatoms. The topological polar surface area (TPSA) is 20.3 Å². The van der Waals surface area contributed by atoms with Crippen LogP contribution in [0.2, 0.25) is 0 Å². The van der Waals surface area contributed by atoms with Gasteiger partial charge in [0, 0.05) is 12.2 Å². The number of carbonyl (C=O) groups excluding carboxylic acids is 1. The van der Waals surface area contributed by atoms with Crippen molar-refractivity contribution in [2.75, 3.05) is 17.3 Å². The second-order valence-corrected chi connectivity index (χ2v) is 3.47. The van der Waals surface area contributed by atoms with Crippen LogP contribution in [0.15, 0.2) is 18.2 Å². The molecule has 0 unspecified atom stereocenters. The van der Waals surface area contributed by atoms with E-state index in [2.05, 4.69) is 0 Å². The van der Waals surface area contributed by atoms with E-state index in [0.717, 1.165) is 0 Å². The van der Waals surface area contributed by atoms with E-state index in [0.29, 0.717) is 17.8 Å². The molecule has 0 N–H and O–H groups in total. The van der Waals surface area contributed by atoms with E-state index in [-0.39, 0.29) is 17.6 Å². The fourth-order valence-corrected chi connectivity index (χ4v) is 1.52. The Morgan fingerprint density at radius 3 is 2.67 bits per heavy atom. The summed E-state index contributed by atoms with van der Waals surface area (Å²) < 4.78 is 13.0. The van der Waals surface area contributed by atoms with Gasteiger partial charge in [0.15, 0.2) is 0 Å². The molecule has 1 aromatic rings. The average molecular weight is 230 g/mol. The molecule has 0 bridgehead atoms. The first kappa shape index (κ1) is 12.0. The number of hydrogen-bond donors (Lipinski definition) is 0. The van der Waals surface area contributed by atoms with E-state index in [1.165, 1.54) is 11.0 Å². The van der Waals surface area contributed by atoms with Crippen molar-refractivity contribution >= 4 is 23.2 Å². The van der Waals surface area contributed by atoms with Gasteiger partial charge in [-0.3, -0.25) is 4.79 Å². The molecule has 0 aromatic heterocycles. The lowest BCUT2D eigenvalue weighted by Gasteiger charge is -2.20. The Morgan fingerprint density at radius 1 is 1.53 bits per heavy atom. The van der Waals surface area contributed by atoms with Crippen molar-refractivity contribution in [3.8, 4) is 0 Å². The smallest absolute Gasteiger partial charge is 0.241 e. The number of anilines is 1. The van der Waals surface area contributed by atoms with E-state index in [1.807, 2.05) is 6.92 Å². The fourth-order valence-electron chi connectivity index (χ4n) is 1.37. The van der Waals surface area contributed by atoms with Gasteiger partial charge in [0.25, 0.3) is 0 Å². The average Bonchev–Trinajstić information content (AvgIpc) is 2.24. The van der Waals surface area contributed by atoms with Crippen LogP contribution >= 0.6 is 11.6 Å². The van der Waals surface area contributed by atoms with Gasteiger partial charge in [0.2, 0.25) is 5.91 Å². The van der Waals surface area contributed by atoms with Gasteiger partial charge in [0.1, 0.15) is 11.7 Å². The lowest BCUT2D eigenvalue weighted by Crippen LogP contribution is -2.31. The maximum absolute atomic E-state index is 13.0. The Bertz CT molecular complexity index is 368. The Morgan fingerprint density at radius 2 is 2.20 bits per heavy atom. The molecule has 15 heavy (non-hydrogen) atoms. The summed E-state index contributed by atoms with van der Waals surface area (Å²) in [5.74, 6) is -0.511. The summed E-state index contributed by atoms with van der Waals surface area (Å²) in [4.78, 5) is 13.0. The Hall–Kier alpha value is -1.09. The van der Waals surface area contributed by atoms with Gasteiger partial charge in [-0.1, -0.05) is 0 Å². The summed E-state index contributed by atoms with van der Waals surface area (Å²) in [5.41, 5.74) is 1.20. The molecule has 0 saturated carbocycles. The van der Waals surface area contributed by atoms with Crippen LogP contribution in [0.3, 0.4) is 0 Å². The Balaban J connectivity index is 3.02. The highest BCUT2D eigenvalue weighted by atomic mass is 35.5. The quantitative estimate of drug-likeness (QED) is 0.730. The maximum Gasteiger partial charge on any atom is 0.241 e. The zero-order chi connectivity index (χ0) is 11.4. The van der Waals surface area contributed by atoms with Gasteiger partial charge in [-0.15, -0.1) is 11.6 Å². The van der Waals surface area contributed by atoms with E-state index >= 15 is 0 Å². The summed E-state index contributed by atoms with van der Waals surface area (Å²) >= 11 is 5.48. The van der Waals surface area contributed by atoms with Crippen molar-refractivity contribution < 1.29 is 9.18 Å². The number of benzene rings is 1. The molecule has 0 saturated heterocycles. The van der Waals surface area contributed by atoms with Crippen LogP contribution in [0.4, 0.5) is 10.1 Å². The molecule has 1 rings (SSSR count). The third kappa shape index (κ3) is 2.69. The predicted octanol–water partition coefficient (Wildman–Crippen LogP) is 2.73. The molecule has 0 spiro atoms. The third-order valence-electron chi connectivity index (χ3n) is 2.18. The molecule has 0 aliphatic heterocycles. The van der Waals surface area contributed by atoms with Crippen molar-refractivity contribution in [1.82, 2.24) is 0 Å². The number of nitrogens with zero attached hydrogens (tertiary/aromatic N) is 1. The van der Waals surface area contributed by atoms with Crippen LogP contribution in [-0.2, 0) is 4.79 Å². The second kappa shape index (κ2) is 5.12. The molecular formula is C11H13ClFNO. The monoisotopic (exact) mass is 229 g/mol. The number of rotatable bonds is 3. The first-order valence-electron chi connectivity index (χ1n) is 4.72. The molecule has 0 aliphatic carbocycles. The van der Waals surface area contributed by atoms with Crippen LogP contribution in [-0.4, -0.2) is 18.3 Å². The standard InChI is InChI=1S/C11H13ClFNO/c1-3-14(11(15)7-12)9-4-5-10(13)8(2)6-9/h4-6H,3,7H2,1-2H3. The molecule has 2 nitrogen and oxygen atoms in total. The lowest BCUT2D eigenvalue weighted by atomic mass is 10.2. The predicted molar refractivity (Wildman–Crippen MR) is 59.9 cm³/mol. The van der Waals surface area contributed by atoms with Crippen molar-refractivity contribution in [3.63, 3.8) is 0 Å². The first-order valence-corrected chi connectivity index (χ1v) is 5.26. The van der Waals surface area contributed by atoms with Crippen LogP contribution in [0.1, 0.15) is 12.5 Å². The summed E-state index contributed by atoms with van der Waals surface area (Å²) in [6.07, 6.45) is 0. The minimum Gasteiger partial charge on any atom is -0.312 e. The Kier molecular flexibility index (Phi) is 4.09. The summed E-state index contributed by atoms with van der Waals surface area (Å²) in [7, 11) is 0. The zero-order valence-corrected chi connectivity index (χ0v) is 9.51. The van der Waals surface area contributed by atoms with Crippen molar-refractivity contribution in [2.24, 2.45) is 0 Å². The summed E-state index contributed by atoms with van der Waals surface area (Å²) in [6, 6.07) is 4.58. The van der Waals surface area contributed by atoms with E-state index in [1.54, 1.807) is 19.1 Å². The lowest BCUT2D eigenvalue weighted by molar-refractivity contribution is -0.116. The third-order valence-corrected chi connectivity index (χ3v) is 2.41. The largest absolute Gasteiger partial charge is 0.312 e. The molecule has 0 aliphatic rings. The van der Waals surface area contributed by atoms with Gasteiger partial charge < -0.3 is 4.90 Å². The SMILES string of the molecule is CCN(C(=O)CCl)c1ccc(F)c(C)c1. The van der Waals surface area contributed by atoms with Crippen LogP contribution < -0.4 is 4.90 Å². The summed E-state index contributed by atoms with van der Waals surface area (Å²) in [5, 5.41) is 0. The van der Waals surface area contributed by atoms with Crippen molar-refractivity contribution in [1.29, 1.82) is 0 Å². The van der Waals surface area contributed by atoms with E-state index in [9.17, 15) is 9.18 Å². The number of amides is 1. The van der Waals surface area contributed by atoms with Crippen molar-refractivity contribution in [2.45, 2.75) is 13.8 Å². The molecule has 0 atom stereocenters. The second-order valence-electron chi connectivity index (χ2n) is 3.21. The molecule has 1 amide bonds. The van der Waals surface area contributed by atoms with Gasteiger partial charge in [-0.25, -0.2) is 4.39 Å². The molecule has 82 valence electrons. The molecule has 0 fully saturated rings. The minimum absolute atomic E-state index is 0.0652. The Labute approximate surface area is 93.6 Å². The highest BCUT2D eigenvalue weighted by molar-refractivity contribution is 6.29. The number of carbonyl (C=O) groups is 1. The van der Waals surface area contributed by atoms with Crippen molar-refractivity contribution in [3.05, 3.63) is 29.6 Å². The fraction of sp³-hybridized carbons (Fsp3) is 0.364. The normalized spacial score (nSPS) is 10.1. The summed E-state index contributed by atoms with van der Waals surface area (Å²) in [6.45, 7) is 4.04. The molecule has 0 heterocycles. The first-order chi connectivity index (χ1) is 7.10. The molecular weight excluding hydrogens is 217 g/mol. The van der Waals surface area contributed by atoms with Crippen LogP contribution in [0.25, 0.3) is 0 Å². The van der Waals surface area contributed by atoms with Gasteiger partial charge in [-0.05, 0) is 37.6 Å². The number of halogens is 2. The molecule has 1 aromatic carbocycles. The molecule has 0 radical (unpaired) electrons. The highest BCUT2D eigenvalue weighted by Crippen LogP contribution is 2.18.